The predicted octanol–water partition coefficient (Wildman–Crippen LogP) is 3.38. The van der Waals surface area contributed by atoms with Crippen LogP contribution in [0.15, 0.2) is 28.7 Å². The van der Waals surface area contributed by atoms with Gasteiger partial charge in [-0.05, 0) is 12.1 Å². The first-order valence-corrected chi connectivity index (χ1v) is 4.94. The molecule has 0 fully saturated rings. The fraction of sp³-hybridized carbons (Fsp3) is 0.182. The molecule has 0 saturated heterocycles. The highest BCUT2D eigenvalue weighted by Gasteiger charge is 1.99. The van der Waals surface area contributed by atoms with Gasteiger partial charge in [0.15, 0.2) is 0 Å². The summed E-state index contributed by atoms with van der Waals surface area (Å²) in [5.41, 5.74) is 0.978. The van der Waals surface area contributed by atoms with Crippen molar-refractivity contribution in [3.05, 3.63) is 34.3 Å². The first-order chi connectivity index (χ1) is 6.77. The van der Waals surface area contributed by atoms with E-state index in [9.17, 15) is 0 Å². The van der Waals surface area contributed by atoms with E-state index in [4.69, 9.17) is 10.00 Å². The van der Waals surface area contributed by atoms with Crippen molar-refractivity contribution in [2.75, 3.05) is 7.11 Å². The zero-order chi connectivity index (χ0) is 10.4. The highest BCUT2D eigenvalue weighted by Crippen LogP contribution is 2.24. The monoisotopic (exact) mass is 251 g/mol. The van der Waals surface area contributed by atoms with Crippen LogP contribution in [0.3, 0.4) is 0 Å². The summed E-state index contributed by atoms with van der Waals surface area (Å²) in [6.45, 7) is 0. The molecule has 0 radical (unpaired) electrons. The number of allylic oxidation sites excluding steroid dienone is 1. The van der Waals surface area contributed by atoms with Crippen molar-refractivity contribution in [1.82, 2.24) is 0 Å². The van der Waals surface area contributed by atoms with E-state index in [1.807, 2.05) is 36.4 Å². The van der Waals surface area contributed by atoms with Gasteiger partial charge in [0, 0.05) is 10.0 Å². The lowest BCUT2D eigenvalue weighted by Gasteiger charge is -2.04. The van der Waals surface area contributed by atoms with E-state index in [-0.39, 0.29) is 0 Å². The molecular formula is C11H10BrNO. The Morgan fingerprint density at radius 1 is 1.57 bits per heavy atom. The third kappa shape index (κ3) is 2.90. The van der Waals surface area contributed by atoms with E-state index in [1.54, 1.807) is 7.11 Å². The molecule has 0 aromatic heterocycles. The van der Waals surface area contributed by atoms with Gasteiger partial charge in [0.05, 0.1) is 19.6 Å². The molecule has 1 aromatic rings. The van der Waals surface area contributed by atoms with E-state index in [0.29, 0.717) is 6.42 Å². The molecule has 1 aromatic carbocycles. The van der Waals surface area contributed by atoms with E-state index < -0.39 is 0 Å². The predicted molar refractivity (Wildman–Crippen MR) is 60.0 cm³/mol. The van der Waals surface area contributed by atoms with Crippen molar-refractivity contribution in [3.63, 3.8) is 0 Å². The molecule has 0 saturated carbocycles. The molecule has 0 aliphatic carbocycles. The molecule has 3 heteroatoms. The second-order valence-electron chi connectivity index (χ2n) is 2.65. The largest absolute Gasteiger partial charge is 0.496 e. The topological polar surface area (TPSA) is 33.0 Å². The lowest BCUT2D eigenvalue weighted by Crippen LogP contribution is -1.86. The van der Waals surface area contributed by atoms with Gasteiger partial charge in [0.2, 0.25) is 0 Å². The van der Waals surface area contributed by atoms with Crippen LogP contribution in [0.5, 0.6) is 5.75 Å². The molecule has 0 amide bonds. The Hall–Kier alpha value is -1.27. The molecule has 2 nitrogen and oxygen atoms in total. The van der Waals surface area contributed by atoms with Gasteiger partial charge in [-0.25, -0.2) is 0 Å². The molecule has 0 aliphatic rings. The fourth-order valence-electron chi connectivity index (χ4n) is 1.06. The minimum atomic E-state index is 0.416. The average molecular weight is 252 g/mol. The molecule has 0 N–H and O–H groups in total. The lowest BCUT2D eigenvalue weighted by molar-refractivity contribution is 0.413. The molecule has 1 rings (SSSR count). The Labute approximate surface area is 91.9 Å². The van der Waals surface area contributed by atoms with Gasteiger partial charge in [-0.3, -0.25) is 0 Å². The van der Waals surface area contributed by atoms with Gasteiger partial charge in [-0.1, -0.05) is 34.1 Å². The molecule has 0 bridgehead atoms. The van der Waals surface area contributed by atoms with Crippen molar-refractivity contribution >= 4 is 22.0 Å². The molecule has 0 unspecified atom stereocenters. The van der Waals surface area contributed by atoms with Crippen LogP contribution in [-0.2, 0) is 0 Å². The SMILES string of the molecule is COc1cc(Br)ccc1C=CCC#N. The number of rotatable bonds is 3. The van der Waals surface area contributed by atoms with Crippen molar-refractivity contribution in [2.45, 2.75) is 6.42 Å². The van der Waals surface area contributed by atoms with Crippen LogP contribution in [0.1, 0.15) is 12.0 Å². The van der Waals surface area contributed by atoms with E-state index in [1.165, 1.54) is 0 Å². The summed E-state index contributed by atoms with van der Waals surface area (Å²) >= 11 is 3.36. The Morgan fingerprint density at radius 2 is 2.36 bits per heavy atom. The first kappa shape index (κ1) is 10.8. The highest BCUT2D eigenvalue weighted by molar-refractivity contribution is 9.10. The highest BCUT2D eigenvalue weighted by atomic mass is 79.9. The summed E-state index contributed by atoms with van der Waals surface area (Å²) in [7, 11) is 1.63. The minimum absolute atomic E-state index is 0.416. The van der Waals surface area contributed by atoms with Crippen LogP contribution in [-0.4, -0.2) is 7.11 Å². The number of halogens is 1. The lowest BCUT2D eigenvalue weighted by atomic mass is 10.2. The Bertz CT molecular complexity index is 379. The Morgan fingerprint density at radius 3 is 3.00 bits per heavy atom. The number of hydrogen-bond acceptors (Lipinski definition) is 2. The quantitative estimate of drug-likeness (QED) is 0.826. The second-order valence-corrected chi connectivity index (χ2v) is 3.57. The maximum absolute atomic E-state index is 8.37. The molecule has 0 spiro atoms. The van der Waals surface area contributed by atoms with Gasteiger partial charge in [0.1, 0.15) is 5.75 Å². The van der Waals surface area contributed by atoms with Gasteiger partial charge in [0.25, 0.3) is 0 Å². The van der Waals surface area contributed by atoms with Crippen molar-refractivity contribution in [1.29, 1.82) is 5.26 Å². The van der Waals surface area contributed by atoms with Gasteiger partial charge in [-0.2, -0.15) is 5.26 Å². The third-order valence-corrected chi connectivity index (χ3v) is 2.20. The maximum atomic E-state index is 8.37. The molecule has 14 heavy (non-hydrogen) atoms. The number of nitrogens with zero attached hydrogens (tertiary/aromatic N) is 1. The fourth-order valence-corrected chi connectivity index (χ4v) is 1.40. The number of ether oxygens (including phenoxy) is 1. The smallest absolute Gasteiger partial charge is 0.127 e. The molecule has 0 atom stereocenters. The Kier molecular flexibility index (Phi) is 4.21. The van der Waals surface area contributed by atoms with Crippen LogP contribution in [0, 0.1) is 11.3 Å². The van der Waals surface area contributed by atoms with Crippen LogP contribution in [0.25, 0.3) is 6.08 Å². The minimum Gasteiger partial charge on any atom is -0.496 e. The van der Waals surface area contributed by atoms with E-state index in [2.05, 4.69) is 15.9 Å². The Balaban J connectivity index is 2.92. The summed E-state index contributed by atoms with van der Waals surface area (Å²) in [6, 6.07) is 7.83. The zero-order valence-electron chi connectivity index (χ0n) is 7.83. The zero-order valence-corrected chi connectivity index (χ0v) is 9.41. The van der Waals surface area contributed by atoms with Crippen molar-refractivity contribution in [2.24, 2.45) is 0 Å². The summed E-state index contributed by atoms with van der Waals surface area (Å²) in [4.78, 5) is 0. The summed E-state index contributed by atoms with van der Waals surface area (Å²) in [6.07, 6.45) is 4.11. The van der Waals surface area contributed by atoms with Crippen LogP contribution >= 0.6 is 15.9 Å². The molecular weight excluding hydrogens is 242 g/mol. The van der Waals surface area contributed by atoms with Gasteiger partial charge < -0.3 is 4.74 Å². The van der Waals surface area contributed by atoms with Crippen LogP contribution in [0.2, 0.25) is 0 Å². The summed E-state index contributed by atoms with van der Waals surface area (Å²) in [5, 5.41) is 8.37. The standard InChI is InChI=1S/C11H10BrNO/c1-14-11-8-10(12)6-5-9(11)4-2-3-7-13/h2,4-6,8H,3H2,1H3. The first-order valence-electron chi connectivity index (χ1n) is 4.15. The average Bonchev–Trinajstić information content (AvgIpc) is 2.20. The van der Waals surface area contributed by atoms with Crippen LogP contribution in [0.4, 0.5) is 0 Å². The molecule has 0 aliphatic heterocycles. The van der Waals surface area contributed by atoms with Crippen molar-refractivity contribution < 1.29 is 4.74 Å². The maximum Gasteiger partial charge on any atom is 0.127 e. The van der Waals surface area contributed by atoms with E-state index >= 15 is 0 Å². The summed E-state index contributed by atoms with van der Waals surface area (Å²) in [5.74, 6) is 0.800. The molecule has 0 heterocycles. The van der Waals surface area contributed by atoms with E-state index in [0.717, 1.165) is 15.8 Å². The van der Waals surface area contributed by atoms with Crippen molar-refractivity contribution in [3.8, 4) is 11.8 Å². The third-order valence-electron chi connectivity index (χ3n) is 1.70. The van der Waals surface area contributed by atoms with Gasteiger partial charge in [-0.15, -0.1) is 0 Å². The number of benzene rings is 1. The van der Waals surface area contributed by atoms with Gasteiger partial charge >= 0.3 is 0 Å². The number of nitriles is 1. The number of methoxy groups -OCH3 is 1. The molecule has 72 valence electrons. The normalized spacial score (nSPS) is 10.1. The summed E-state index contributed by atoms with van der Waals surface area (Å²) < 4.78 is 6.17. The van der Waals surface area contributed by atoms with Crippen LogP contribution < -0.4 is 4.74 Å². The second kappa shape index (κ2) is 5.46. The number of hydrogen-bond donors (Lipinski definition) is 0.